The predicted molar refractivity (Wildman–Crippen MR) is 72.3 cm³/mol. The van der Waals surface area contributed by atoms with E-state index in [0.717, 1.165) is 31.6 Å². The monoisotopic (exact) mass is 262 g/mol. The van der Waals surface area contributed by atoms with Gasteiger partial charge in [0.1, 0.15) is 0 Å². The molecule has 2 bridgehead atoms. The minimum Gasteiger partial charge on any atom is -0.465 e. The molecule has 0 spiro atoms. The number of morpholine rings is 1. The summed E-state index contributed by atoms with van der Waals surface area (Å²) in [5.41, 5.74) is 8.17. The van der Waals surface area contributed by atoms with Crippen LogP contribution in [-0.2, 0) is 9.47 Å². The average molecular weight is 262 g/mol. The van der Waals surface area contributed by atoms with Gasteiger partial charge in [-0.2, -0.15) is 0 Å². The molecule has 2 N–H and O–H groups in total. The molecule has 2 saturated heterocycles. The Balaban J connectivity index is 1.89. The Bertz CT molecular complexity index is 491. The van der Waals surface area contributed by atoms with Crippen LogP contribution in [0.25, 0.3) is 0 Å². The van der Waals surface area contributed by atoms with Crippen LogP contribution in [0.3, 0.4) is 0 Å². The number of ether oxygens (including phenoxy) is 2. The third-order valence-corrected chi connectivity index (χ3v) is 3.84. The van der Waals surface area contributed by atoms with E-state index in [1.54, 1.807) is 12.1 Å². The minimum absolute atomic E-state index is 0.292. The van der Waals surface area contributed by atoms with E-state index in [4.69, 9.17) is 15.2 Å². The fourth-order valence-electron chi connectivity index (χ4n) is 2.87. The molecular formula is C14H18N2O3. The lowest BCUT2D eigenvalue weighted by atomic mass is 10.1. The molecular weight excluding hydrogens is 244 g/mol. The molecule has 3 rings (SSSR count). The van der Waals surface area contributed by atoms with E-state index in [1.807, 2.05) is 6.07 Å². The molecule has 0 amide bonds. The number of carbonyl (C=O) groups is 1. The van der Waals surface area contributed by atoms with Gasteiger partial charge >= 0.3 is 5.97 Å². The van der Waals surface area contributed by atoms with Crippen molar-refractivity contribution >= 4 is 17.3 Å². The van der Waals surface area contributed by atoms with E-state index in [9.17, 15) is 4.79 Å². The molecule has 2 fully saturated rings. The molecule has 1 aromatic rings. The van der Waals surface area contributed by atoms with Crippen molar-refractivity contribution in [2.45, 2.75) is 25.0 Å². The Labute approximate surface area is 112 Å². The van der Waals surface area contributed by atoms with Crippen LogP contribution in [0.5, 0.6) is 0 Å². The molecule has 0 aliphatic carbocycles. The van der Waals surface area contributed by atoms with Crippen LogP contribution < -0.4 is 10.6 Å². The maximum absolute atomic E-state index is 11.6. The fraction of sp³-hybridized carbons (Fsp3) is 0.500. The summed E-state index contributed by atoms with van der Waals surface area (Å²) < 4.78 is 10.6. The number of nitrogens with two attached hydrogens (primary N) is 1. The van der Waals surface area contributed by atoms with E-state index >= 15 is 0 Å². The van der Waals surface area contributed by atoms with E-state index in [0.29, 0.717) is 23.5 Å². The number of nitrogens with zero attached hydrogens (tertiary/aromatic N) is 1. The van der Waals surface area contributed by atoms with E-state index in [2.05, 4.69) is 4.90 Å². The topological polar surface area (TPSA) is 64.8 Å². The van der Waals surface area contributed by atoms with Gasteiger partial charge in [0.2, 0.25) is 0 Å². The second-order valence-electron chi connectivity index (χ2n) is 5.13. The molecule has 5 nitrogen and oxygen atoms in total. The van der Waals surface area contributed by atoms with Gasteiger partial charge in [-0.3, -0.25) is 0 Å². The van der Waals surface area contributed by atoms with E-state index in [1.165, 1.54) is 7.11 Å². The highest BCUT2D eigenvalue weighted by atomic mass is 16.5. The number of carbonyl (C=O) groups excluding carboxylic acids is 1. The largest absolute Gasteiger partial charge is 0.465 e. The first kappa shape index (κ1) is 12.3. The third-order valence-electron chi connectivity index (χ3n) is 3.84. The van der Waals surface area contributed by atoms with Gasteiger partial charge in [0, 0.05) is 13.1 Å². The number of methoxy groups -OCH3 is 1. The summed E-state index contributed by atoms with van der Waals surface area (Å²) in [7, 11) is 1.38. The van der Waals surface area contributed by atoms with Gasteiger partial charge in [-0.15, -0.1) is 0 Å². The lowest BCUT2D eigenvalue weighted by molar-refractivity contribution is 0.0305. The van der Waals surface area contributed by atoms with E-state index < -0.39 is 0 Å². The predicted octanol–water partition coefficient (Wildman–Crippen LogP) is 1.42. The van der Waals surface area contributed by atoms with Crippen LogP contribution in [0.15, 0.2) is 18.2 Å². The van der Waals surface area contributed by atoms with Crippen LogP contribution in [0.1, 0.15) is 23.2 Å². The van der Waals surface area contributed by atoms with Crippen molar-refractivity contribution in [3.63, 3.8) is 0 Å². The number of hydrogen-bond donors (Lipinski definition) is 1. The highest BCUT2D eigenvalue weighted by Crippen LogP contribution is 2.33. The van der Waals surface area contributed by atoms with Gasteiger partial charge in [-0.05, 0) is 31.0 Å². The first-order valence-corrected chi connectivity index (χ1v) is 6.55. The van der Waals surface area contributed by atoms with Gasteiger partial charge in [0.15, 0.2) is 0 Å². The summed E-state index contributed by atoms with van der Waals surface area (Å²) in [6, 6.07) is 5.27. The standard InChI is InChI=1S/C14H18N2O3/c1-18-14(17)9-2-5-12(15)13(6-9)16-7-10-3-4-11(8-16)19-10/h2,5-6,10-11H,3-4,7-8,15H2,1H3. The van der Waals surface area contributed by atoms with Crippen molar-refractivity contribution in [2.75, 3.05) is 30.8 Å². The molecule has 2 atom stereocenters. The van der Waals surface area contributed by atoms with Crippen LogP contribution >= 0.6 is 0 Å². The van der Waals surface area contributed by atoms with Crippen molar-refractivity contribution in [1.82, 2.24) is 0 Å². The Kier molecular flexibility index (Phi) is 3.06. The molecule has 19 heavy (non-hydrogen) atoms. The number of anilines is 2. The van der Waals surface area contributed by atoms with Crippen LogP contribution in [-0.4, -0.2) is 38.4 Å². The Morgan fingerprint density at radius 3 is 2.68 bits per heavy atom. The number of esters is 1. The summed E-state index contributed by atoms with van der Waals surface area (Å²) in [5.74, 6) is -0.336. The number of benzene rings is 1. The Morgan fingerprint density at radius 1 is 1.37 bits per heavy atom. The average Bonchev–Trinajstić information content (AvgIpc) is 2.77. The zero-order chi connectivity index (χ0) is 13.4. The smallest absolute Gasteiger partial charge is 0.337 e. The Morgan fingerprint density at radius 2 is 2.05 bits per heavy atom. The van der Waals surface area contributed by atoms with Crippen molar-refractivity contribution in [3.05, 3.63) is 23.8 Å². The molecule has 0 saturated carbocycles. The highest BCUT2D eigenvalue weighted by Gasteiger charge is 2.34. The van der Waals surface area contributed by atoms with Crippen molar-refractivity contribution in [1.29, 1.82) is 0 Å². The zero-order valence-corrected chi connectivity index (χ0v) is 11.0. The summed E-state index contributed by atoms with van der Waals surface area (Å²) in [6.07, 6.45) is 2.80. The maximum atomic E-state index is 11.6. The van der Waals surface area contributed by atoms with Crippen LogP contribution in [0, 0.1) is 0 Å². The summed E-state index contributed by atoms with van der Waals surface area (Å²) >= 11 is 0. The van der Waals surface area contributed by atoms with E-state index in [-0.39, 0.29) is 5.97 Å². The number of hydrogen-bond acceptors (Lipinski definition) is 5. The molecule has 2 aliphatic heterocycles. The second kappa shape index (κ2) is 4.74. The fourth-order valence-corrected chi connectivity index (χ4v) is 2.87. The van der Waals surface area contributed by atoms with Crippen molar-refractivity contribution in [2.24, 2.45) is 0 Å². The minimum atomic E-state index is -0.336. The first-order valence-electron chi connectivity index (χ1n) is 6.55. The number of nitrogen functional groups attached to an aromatic ring is 1. The molecule has 0 aromatic heterocycles. The normalized spacial score (nSPS) is 25.4. The second-order valence-corrected chi connectivity index (χ2v) is 5.13. The third kappa shape index (κ3) is 2.26. The molecule has 102 valence electrons. The van der Waals surface area contributed by atoms with Gasteiger partial charge in [0.05, 0.1) is 36.3 Å². The quantitative estimate of drug-likeness (QED) is 0.645. The molecule has 2 heterocycles. The maximum Gasteiger partial charge on any atom is 0.337 e. The SMILES string of the molecule is COC(=O)c1ccc(N)c(N2CC3CCC(C2)O3)c1. The highest BCUT2D eigenvalue weighted by molar-refractivity contribution is 5.92. The van der Waals surface area contributed by atoms with Gasteiger partial charge < -0.3 is 20.1 Å². The molecule has 5 heteroatoms. The van der Waals surface area contributed by atoms with Gasteiger partial charge in [-0.1, -0.05) is 0 Å². The number of rotatable bonds is 2. The van der Waals surface area contributed by atoms with Crippen molar-refractivity contribution in [3.8, 4) is 0 Å². The molecule has 0 radical (unpaired) electrons. The van der Waals surface area contributed by atoms with Gasteiger partial charge in [-0.25, -0.2) is 4.79 Å². The van der Waals surface area contributed by atoms with Gasteiger partial charge in [0.25, 0.3) is 0 Å². The summed E-state index contributed by atoms with van der Waals surface area (Å²) in [6.45, 7) is 1.68. The summed E-state index contributed by atoms with van der Waals surface area (Å²) in [5, 5.41) is 0. The van der Waals surface area contributed by atoms with Crippen LogP contribution in [0.2, 0.25) is 0 Å². The lowest BCUT2D eigenvalue weighted by Gasteiger charge is -2.34. The summed E-state index contributed by atoms with van der Waals surface area (Å²) in [4.78, 5) is 13.8. The lowest BCUT2D eigenvalue weighted by Crippen LogP contribution is -2.43. The molecule has 2 aliphatic rings. The Hall–Kier alpha value is -1.75. The van der Waals surface area contributed by atoms with Crippen molar-refractivity contribution < 1.29 is 14.3 Å². The molecule has 2 unspecified atom stereocenters. The zero-order valence-electron chi connectivity index (χ0n) is 11.0. The van der Waals surface area contributed by atoms with Crippen LogP contribution in [0.4, 0.5) is 11.4 Å². The first-order chi connectivity index (χ1) is 9.17. The number of fused-ring (bicyclic) bond motifs is 2. The molecule has 1 aromatic carbocycles.